The molecule has 0 spiro atoms. The van der Waals surface area contributed by atoms with Gasteiger partial charge in [0.15, 0.2) is 0 Å². The van der Waals surface area contributed by atoms with Gasteiger partial charge in [-0.1, -0.05) is 6.92 Å². The zero-order valence-corrected chi connectivity index (χ0v) is 11.5. The number of aromatic nitrogens is 1. The van der Waals surface area contributed by atoms with Gasteiger partial charge in [0.2, 0.25) is 0 Å². The Labute approximate surface area is 106 Å². The van der Waals surface area contributed by atoms with E-state index in [1.165, 1.54) is 31.4 Å². The molecule has 2 nitrogen and oxygen atoms in total. The molecule has 1 heterocycles. The highest BCUT2D eigenvalue weighted by Crippen LogP contribution is 2.27. The van der Waals surface area contributed by atoms with Crippen LogP contribution in [0.5, 0.6) is 0 Å². The summed E-state index contributed by atoms with van der Waals surface area (Å²) in [7, 11) is 0. The van der Waals surface area contributed by atoms with E-state index >= 15 is 0 Å². The van der Waals surface area contributed by atoms with E-state index in [0.29, 0.717) is 6.04 Å². The van der Waals surface area contributed by atoms with Crippen LogP contribution in [-0.2, 0) is 0 Å². The fourth-order valence-electron chi connectivity index (χ4n) is 2.31. The van der Waals surface area contributed by atoms with Gasteiger partial charge in [-0.15, -0.1) is 0 Å². The smallest absolute Gasteiger partial charge is 0.106 e. The average Bonchev–Trinajstić information content (AvgIpc) is 2.25. The predicted octanol–water partition coefficient (Wildman–Crippen LogP) is 4.14. The Morgan fingerprint density at radius 2 is 1.94 bits per heavy atom. The minimum atomic E-state index is 0.637. The van der Waals surface area contributed by atoms with Gasteiger partial charge >= 0.3 is 0 Å². The lowest BCUT2D eigenvalue weighted by Crippen LogP contribution is -2.25. The molecule has 0 amide bonds. The lowest BCUT2D eigenvalue weighted by molar-refractivity contribution is 0.361. The summed E-state index contributed by atoms with van der Waals surface area (Å²) in [6, 6.07) is 4.75. The Morgan fingerprint density at radius 3 is 2.56 bits per heavy atom. The molecule has 1 fully saturated rings. The van der Waals surface area contributed by atoms with Crippen LogP contribution in [0.4, 0.5) is 5.69 Å². The van der Waals surface area contributed by atoms with Crippen molar-refractivity contribution in [3.63, 3.8) is 0 Å². The van der Waals surface area contributed by atoms with Gasteiger partial charge in [0, 0.05) is 6.04 Å². The molecule has 1 aliphatic rings. The summed E-state index contributed by atoms with van der Waals surface area (Å²) in [6.45, 7) is 4.40. The van der Waals surface area contributed by atoms with Gasteiger partial charge < -0.3 is 5.32 Å². The highest BCUT2D eigenvalue weighted by Gasteiger charge is 2.18. The number of anilines is 1. The van der Waals surface area contributed by atoms with Crippen LogP contribution in [0.3, 0.4) is 0 Å². The van der Waals surface area contributed by atoms with Crippen LogP contribution in [0.25, 0.3) is 0 Å². The Hall–Kier alpha value is -0.570. The number of pyridine rings is 1. The van der Waals surface area contributed by atoms with Crippen LogP contribution in [0, 0.1) is 12.8 Å². The summed E-state index contributed by atoms with van der Waals surface area (Å²) in [5.41, 5.74) is 2.26. The summed E-state index contributed by atoms with van der Waals surface area (Å²) < 4.78 is 0.910. The van der Waals surface area contributed by atoms with Crippen molar-refractivity contribution < 1.29 is 0 Å². The van der Waals surface area contributed by atoms with Crippen LogP contribution >= 0.6 is 15.9 Å². The first-order valence-electron chi connectivity index (χ1n) is 6.05. The highest BCUT2D eigenvalue weighted by molar-refractivity contribution is 9.10. The van der Waals surface area contributed by atoms with E-state index in [9.17, 15) is 0 Å². The number of hydrogen-bond donors (Lipinski definition) is 1. The van der Waals surface area contributed by atoms with E-state index in [1.54, 1.807) is 0 Å². The lowest BCUT2D eigenvalue weighted by Gasteiger charge is -2.28. The Morgan fingerprint density at radius 1 is 1.25 bits per heavy atom. The minimum absolute atomic E-state index is 0.637. The summed E-state index contributed by atoms with van der Waals surface area (Å²) in [4.78, 5) is 4.41. The zero-order valence-electron chi connectivity index (χ0n) is 9.96. The maximum absolute atomic E-state index is 4.41. The molecule has 0 aliphatic heterocycles. The topological polar surface area (TPSA) is 24.9 Å². The van der Waals surface area contributed by atoms with E-state index in [-0.39, 0.29) is 0 Å². The van der Waals surface area contributed by atoms with E-state index in [2.05, 4.69) is 46.1 Å². The number of rotatable bonds is 2. The van der Waals surface area contributed by atoms with Gasteiger partial charge in [0.05, 0.1) is 11.4 Å². The first-order valence-corrected chi connectivity index (χ1v) is 6.84. The molecule has 0 radical (unpaired) electrons. The van der Waals surface area contributed by atoms with Crippen molar-refractivity contribution in [1.29, 1.82) is 0 Å². The molecule has 16 heavy (non-hydrogen) atoms. The quantitative estimate of drug-likeness (QED) is 0.825. The maximum atomic E-state index is 4.41. The number of halogens is 1. The van der Waals surface area contributed by atoms with E-state index in [1.807, 2.05) is 6.07 Å². The minimum Gasteiger partial charge on any atom is -0.381 e. The molecule has 0 bridgehead atoms. The number of aryl methyl sites for hydroxylation is 1. The average molecular weight is 283 g/mol. The van der Waals surface area contributed by atoms with Gasteiger partial charge in [0.1, 0.15) is 4.60 Å². The molecular weight excluding hydrogens is 264 g/mol. The molecule has 0 atom stereocenters. The van der Waals surface area contributed by atoms with Crippen LogP contribution in [0.15, 0.2) is 16.7 Å². The van der Waals surface area contributed by atoms with Crippen molar-refractivity contribution >= 4 is 21.6 Å². The van der Waals surface area contributed by atoms with Crippen LogP contribution in [-0.4, -0.2) is 11.0 Å². The van der Waals surface area contributed by atoms with Crippen molar-refractivity contribution in [2.45, 2.75) is 45.6 Å². The van der Waals surface area contributed by atoms with Gasteiger partial charge in [-0.3, -0.25) is 0 Å². The first kappa shape index (κ1) is 11.9. The Balaban J connectivity index is 1.98. The highest BCUT2D eigenvalue weighted by atomic mass is 79.9. The number of nitrogens with zero attached hydrogens (tertiary/aromatic N) is 1. The van der Waals surface area contributed by atoms with Gasteiger partial charge in [-0.05, 0) is 66.6 Å². The van der Waals surface area contributed by atoms with Gasteiger partial charge in [-0.25, -0.2) is 4.98 Å². The van der Waals surface area contributed by atoms with Crippen LogP contribution in [0.2, 0.25) is 0 Å². The van der Waals surface area contributed by atoms with Crippen molar-refractivity contribution in [3.05, 3.63) is 22.4 Å². The molecule has 0 unspecified atom stereocenters. The Bertz CT molecular complexity index is 357. The second kappa shape index (κ2) is 5.17. The zero-order chi connectivity index (χ0) is 11.5. The van der Waals surface area contributed by atoms with Gasteiger partial charge in [0.25, 0.3) is 0 Å². The van der Waals surface area contributed by atoms with Crippen molar-refractivity contribution in [2.75, 3.05) is 5.32 Å². The molecule has 0 saturated heterocycles. The van der Waals surface area contributed by atoms with E-state index in [0.717, 1.165) is 16.2 Å². The third-order valence-corrected chi connectivity index (χ3v) is 3.87. The second-order valence-corrected chi connectivity index (χ2v) is 5.68. The summed E-state index contributed by atoms with van der Waals surface area (Å²) in [5, 5.41) is 3.61. The molecule has 2 rings (SSSR count). The van der Waals surface area contributed by atoms with Crippen molar-refractivity contribution in [1.82, 2.24) is 4.98 Å². The molecule has 1 N–H and O–H groups in total. The fourth-order valence-corrected chi connectivity index (χ4v) is 2.71. The SMILES string of the molecule is Cc1nc(Br)ccc1NC1CCC(C)CC1. The van der Waals surface area contributed by atoms with E-state index in [4.69, 9.17) is 0 Å². The van der Waals surface area contributed by atoms with Gasteiger partial charge in [-0.2, -0.15) is 0 Å². The molecule has 0 aromatic carbocycles. The second-order valence-electron chi connectivity index (χ2n) is 4.87. The summed E-state index contributed by atoms with van der Waals surface area (Å²) in [5.74, 6) is 0.905. The third-order valence-electron chi connectivity index (χ3n) is 3.43. The number of hydrogen-bond acceptors (Lipinski definition) is 2. The maximum Gasteiger partial charge on any atom is 0.106 e. The van der Waals surface area contributed by atoms with Crippen molar-refractivity contribution in [3.8, 4) is 0 Å². The summed E-state index contributed by atoms with van der Waals surface area (Å²) >= 11 is 3.39. The molecule has 1 aromatic heterocycles. The molecule has 1 aromatic rings. The standard InChI is InChI=1S/C13H19BrN2/c1-9-3-5-11(6-4-9)16-12-7-8-13(14)15-10(12)2/h7-9,11,16H,3-6H2,1-2H3. The fraction of sp³-hybridized carbons (Fsp3) is 0.615. The lowest BCUT2D eigenvalue weighted by atomic mass is 9.87. The Kier molecular flexibility index (Phi) is 3.85. The predicted molar refractivity (Wildman–Crippen MR) is 71.7 cm³/mol. The largest absolute Gasteiger partial charge is 0.381 e. The van der Waals surface area contributed by atoms with Crippen LogP contribution < -0.4 is 5.32 Å². The third kappa shape index (κ3) is 2.97. The van der Waals surface area contributed by atoms with Crippen LogP contribution in [0.1, 0.15) is 38.3 Å². The normalized spacial score (nSPS) is 25.4. The summed E-state index contributed by atoms with van der Waals surface area (Å²) in [6.07, 6.45) is 5.27. The number of nitrogens with one attached hydrogen (secondary N) is 1. The molecular formula is C13H19BrN2. The first-order chi connectivity index (χ1) is 7.65. The monoisotopic (exact) mass is 282 g/mol. The van der Waals surface area contributed by atoms with Crippen molar-refractivity contribution in [2.24, 2.45) is 5.92 Å². The molecule has 88 valence electrons. The molecule has 1 aliphatic carbocycles. The van der Waals surface area contributed by atoms with E-state index < -0.39 is 0 Å². The molecule has 3 heteroatoms. The molecule has 1 saturated carbocycles.